The minimum atomic E-state index is -0.648. The average Bonchev–Trinajstić information content (AvgIpc) is 3.79. The first-order chi connectivity index (χ1) is 22.2. The molecular weight excluding hydrogens is 596 g/mol. The van der Waals surface area contributed by atoms with Crippen LogP contribution < -0.4 is 0 Å². The van der Waals surface area contributed by atoms with E-state index in [0.717, 1.165) is 52.1 Å². The van der Waals surface area contributed by atoms with Gasteiger partial charge in [0, 0.05) is 24.1 Å². The maximum absolute atomic E-state index is 12.8. The third-order valence-corrected chi connectivity index (χ3v) is 8.06. The molecule has 3 atom stereocenters. The van der Waals surface area contributed by atoms with Crippen molar-refractivity contribution in [3.8, 4) is 23.1 Å². The Hall–Kier alpha value is -4.82. The second-order valence-electron chi connectivity index (χ2n) is 14.2. The van der Waals surface area contributed by atoms with Gasteiger partial charge in [-0.15, -0.1) is 0 Å². The number of aliphatic hydroxyl groups excluding tert-OH is 1. The number of fused-ring (bicyclic) bond motifs is 1. The molecule has 0 radical (unpaired) electrons. The number of nitrogens with one attached hydrogen (secondary N) is 2. The molecule has 2 aromatic heterocycles. The Bertz CT molecular complexity index is 1840. The number of carbonyl (C=O) groups is 2. The summed E-state index contributed by atoms with van der Waals surface area (Å²) >= 11 is 0. The maximum atomic E-state index is 12.8. The zero-order valence-electron chi connectivity index (χ0n) is 27.8. The van der Waals surface area contributed by atoms with Crippen molar-refractivity contribution in [1.82, 2.24) is 29.7 Å². The highest BCUT2D eigenvalue weighted by atomic mass is 16.6. The zero-order valence-corrected chi connectivity index (χ0v) is 27.8. The largest absolute Gasteiger partial charge is 0.444 e. The first-order valence-electron chi connectivity index (χ1n) is 16.1. The van der Waals surface area contributed by atoms with Gasteiger partial charge >= 0.3 is 12.2 Å². The van der Waals surface area contributed by atoms with E-state index in [0.29, 0.717) is 18.8 Å². The Morgan fingerprint density at radius 2 is 1.53 bits per heavy atom. The number of benzene rings is 2. The summed E-state index contributed by atoms with van der Waals surface area (Å²) in [5.41, 5.74) is 3.89. The standard InChI is InChI=1S/C36H42N6O5/c1-35(2,3)46-33(44)41-17-7-8-29(41)31-37-20-28(40-31)24-14-11-22(12-15-24)9-10-23-13-16-26-27(18-23)39-32(38-26)30-19-25(43)21-42(30)34(45)47-36(4,5)6/h11-16,18,20,25,29-30,43H,7-8,17,19,21H2,1-6H3,(H,37,40)(H,38,39)/t25?,29-,30-/m0/s1. The van der Waals surface area contributed by atoms with E-state index in [-0.39, 0.29) is 18.7 Å². The van der Waals surface area contributed by atoms with Crippen LogP contribution in [0.25, 0.3) is 22.3 Å². The number of aliphatic hydroxyl groups is 1. The van der Waals surface area contributed by atoms with Crippen LogP contribution >= 0.6 is 0 Å². The minimum Gasteiger partial charge on any atom is -0.444 e. The van der Waals surface area contributed by atoms with Gasteiger partial charge in [-0.3, -0.25) is 9.80 Å². The Morgan fingerprint density at radius 1 is 0.872 bits per heavy atom. The first kappa shape index (κ1) is 32.1. The lowest BCUT2D eigenvalue weighted by atomic mass is 10.1. The van der Waals surface area contributed by atoms with Crippen LogP contribution in [0.1, 0.15) is 95.7 Å². The van der Waals surface area contributed by atoms with Crippen LogP contribution in [0.4, 0.5) is 9.59 Å². The molecule has 2 aromatic carbocycles. The van der Waals surface area contributed by atoms with Gasteiger partial charge in [0.2, 0.25) is 0 Å². The van der Waals surface area contributed by atoms with Gasteiger partial charge < -0.3 is 24.5 Å². The lowest BCUT2D eigenvalue weighted by Gasteiger charge is -2.27. The molecule has 0 saturated carbocycles. The molecule has 4 heterocycles. The fraction of sp³-hybridized carbons (Fsp3) is 0.444. The predicted molar refractivity (Wildman–Crippen MR) is 177 cm³/mol. The fourth-order valence-corrected chi connectivity index (χ4v) is 5.98. The normalized spacial score (nSPS) is 19.9. The van der Waals surface area contributed by atoms with Crippen LogP contribution in [0.15, 0.2) is 48.7 Å². The van der Waals surface area contributed by atoms with Crippen molar-refractivity contribution >= 4 is 23.2 Å². The molecule has 246 valence electrons. The number of amides is 2. The second-order valence-corrected chi connectivity index (χ2v) is 14.2. The number of hydrogen-bond acceptors (Lipinski definition) is 7. The minimum absolute atomic E-state index is 0.138. The summed E-state index contributed by atoms with van der Waals surface area (Å²) in [7, 11) is 0. The van der Waals surface area contributed by atoms with Gasteiger partial charge in [-0.2, -0.15) is 0 Å². The monoisotopic (exact) mass is 638 g/mol. The average molecular weight is 639 g/mol. The van der Waals surface area contributed by atoms with E-state index in [9.17, 15) is 14.7 Å². The summed E-state index contributed by atoms with van der Waals surface area (Å²) in [6, 6.07) is 13.1. The molecule has 0 bridgehead atoms. The zero-order chi connectivity index (χ0) is 33.5. The van der Waals surface area contributed by atoms with E-state index in [1.54, 1.807) is 11.1 Å². The molecule has 0 aliphatic carbocycles. The summed E-state index contributed by atoms with van der Waals surface area (Å²) in [5, 5.41) is 10.3. The predicted octanol–water partition coefficient (Wildman–Crippen LogP) is 6.47. The fourth-order valence-electron chi connectivity index (χ4n) is 5.98. The van der Waals surface area contributed by atoms with Gasteiger partial charge in [-0.25, -0.2) is 19.6 Å². The van der Waals surface area contributed by atoms with Crippen LogP contribution in [0.5, 0.6) is 0 Å². The van der Waals surface area contributed by atoms with Crippen LogP contribution in [0, 0.1) is 11.8 Å². The quantitative estimate of drug-likeness (QED) is 0.219. The van der Waals surface area contributed by atoms with Crippen molar-refractivity contribution in [2.24, 2.45) is 0 Å². The highest BCUT2D eigenvalue weighted by Gasteiger charge is 2.39. The van der Waals surface area contributed by atoms with Gasteiger partial charge in [0.25, 0.3) is 0 Å². The molecule has 4 aromatic rings. The first-order valence-corrected chi connectivity index (χ1v) is 16.1. The molecule has 2 amide bonds. The van der Waals surface area contributed by atoms with Crippen molar-refractivity contribution in [1.29, 1.82) is 0 Å². The van der Waals surface area contributed by atoms with E-state index in [1.807, 2.05) is 84.0 Å². The number of β-amino-alcohol motifs (C(OH)–C–C–N with tert-alkyl or cyclic N) is 1. The molecule has 2 saturated heterocycles. The van der Waals surface area contributed by atoms with Crippen molar-refractivity contribution < 1.29 is 24.2 Å². The van der Waals surface area contributed by atoms with E-state index >= 15 is 0 Å². The number of imidazole rings is 2. The van der Waals surface area contributed by atoms with Crippen molar-refractivity contribution in [3.05, 3.63) is 71.4 Å². The van der Waals surface area contributed by atoms with E-state index in [1.165, 1.54) is 4.90 Å². The highest BCUT2D eigenvalue weighted by Crippen LogP contribution is 2.34. The van der Waals surface area contributed by atoms with E-state index in [2.05, 4.69) is 26.8 Å². The molecule has 0 spiro atoms. The molecule has 2 fully saturated rings. The van der Waals surface area contributed by atoms with Gasteiger partial charge in [0.1, 0.15) is 22.9 Å². The summed E-state index contributed by atoms with van der Waals surface area (Å²) in [5.74, 6) is 7.83. The molecule has 6 rings (SSSR count). The topological polar surface area (TPSA) is 137 Å². The Kier molecular flexibility index (Phi) is 8.49. The lowest BCUT2D eigenvalue weighted by molar-refractivity contribution is 0.0197. The number of nitrogens with zero attached hydrogens (tertiary/aromatic N) is 4. The number of aromatic nitrogens is 4. The third-order valence-electron chi connectivity index (χ3n) is 8.06. The number of ether oxygens (including phenoxy) is 2. The van der Waals surface area contributed by atoms with Crippen LogP contribution in [-0.2, 0) is 9.47 Å². The van der Waals surface area contributed by atoms with E-state index in [4.69, 9.17) is 14.5 Å². The molecular formula is C36H42N6O5. The number of likely N-dealkylation sites (tertiary alicyclic amines) is 2. The lowest BCUT2D eigenvalue weighted by Crippen LogP contribution is -2.37. The number of carbonyl (C=O) groups excluding carboxylic acids is 2. The van der Waals surface area contributed by atoms with E-state index < -0.39 is 29.4 Å². The number of H-pyrrole nitrogens is 2. The molecule has 2 aliphatic heterocycles. The summed E-state index contributed by atoms with van der Waals surface area (Å²) in [6.45, 7) is 11.9. The number of rotatable bonds is 3. The molecule has 11 nitrogen and oxygen atoms in total. The molecule has 11 heteroatoms. The molecule has 2 aliphatic rings. The van der Waals surface area contributed by atoms with Gasteiger partial charge in [0.15, 0.2) is 0 Å². The Labute approximate surface area is 274 Å². The van der Waals surface area contributed by atoms with Crippen LogP contribution in [0.3, 0.4) is 0 Å². The third kappa shape index (κ3) is 7.44. The second kappa shape index (κ2) is 12.4. The number of hydrogen-bond donors (Lipinski definition) is 3. The highest BCUT2D eigenvalue weighted by molar-refractivity contribution is 5.77. The Balaban J connectivity index is 1.13. The van der Waals surface area contributed by atoms with Gasteiger partial charge in [0.05, 0.1) is 47.7 Å². The summed E-state index contributed by atoms with van der Waals surface area (Å²) < 4.78 is 11.2. The van der Waals surface area contributed by atoms with Crippen LogP contribution in [-0.4, -0.2) is 77.4 Å². The summed E-state index contributed by atoms with van der Waals surface area (Å²) in [6.07, 6.45) is 2.49. The summed E-state index contributed by atoms with van der Waals surface area (Å²) in [4.78, 5) is 44.9. The van der Waals surface area contributed by atoms with Crippen molar-refractivity contribution in [2.45, 2.75) is 90.2 Å². The number of aromatic amines is 2. The molecule has 1 unspecified atom stereocenters. The van der Waals surface area contributed by atoms with Crippen molar-refractivity contribution in [3.63, 3.8) is 0 Å². The SMILES string of the molecule is CC(C)(C)OC(=O)N1CCC[C@H]1c1ncc(-c2ccc(C#Cc3ccc4nc([C@@H]5CC(O)CN5C(=O)OC(C)(C)C)[nH]c4c3)cc2)[nH]1. The smallest absolute Gasteiger partial charge is 0.411 e. The maximum Gasteiger partial charge on any atom is 0.411 e. The van der Waals surface area contributed by atoms with Crippen LogP contribution in [0.2, 0.25) is 0 Å². The molecule has 47 heavy (non-hydrogen) atoms. The van der Waals surface area contributed by atoms with Crippen molar-refractivity contribution in [2.75, 3.05) is 13.1 Å². The van der Waals surface area contributed by atoms with Gasteiger partial charge in [-0.1, -0.05) is 24.0 Å². The Morgan fingerprint density at radius 3 is 2.23 bits per heavy atom. The van der Waals surface area contributed by atoms with Gasteiger partial charge in [-0.05, 0) is 90.3 Å². The molecule has 3 N–H and O–H groups in total.